The van der Waals surface area contributed by atoms with Gasteiger partial charge in [-0.05, 0) is 181 Å². The van der Waals surface area contributed by atoms with Gasteiger partial charge < -0.3 is 9.05 Å². The summed E-state index contributed by atoms with van der Waals surface area (Å²) in [7, 11) is -3.47. The first-order valence-electron chi connectivity index (χ1n) is 29.1. The maximum absolute atomic E-state index is 7.39. The minimum atomic E-state index is -1.73. The van der Waals surface area contributed by atoms with E-state index in [4.69, 9.17) is 27.1 Å². The Labute approximate surface area is 443 Å². The molecule has 0 bridgehead atoms. The monoisotopic (exact) mass is 1040 g/mol. The molecule has 2 aromatic carbocycles. The molecule has 0 aliphatic heterocycles. The van der Waals surface area contributed by atoms with Crippen LogP contribution in [0.15, 0.2) is 46.2 Å². The molecular formula is C62H104O6P2S. The molecule has 0 N–H and O–H groups in total. The fourth-order valence-electron chi connectivity index (χ4n) is 12.4. The molecule has 0 radical (unpaired) electrons. The molecule has 9 heteroatoms. The summed E-state index contributed by atoms with van der Waals surface area (Å²) in [4.78, 5) is 2.12. The Morgan fingerprint density at radius 2 is 0.718 bits per heavy atom. The lowest BCUT2D eigenvalue weighted by Crippen LogP contribution is -2.36. The third kappa shape index (κ3) is 16.1. The van der Waals surface area contributed by atoms with Gasteiger partial charge in [0.15, 0.2) is 0 Å². The lowest BCUT2D eigenvalue weighted by atomic mass is 9.75. The maximum Gasteiger partial charge on any atom is 0.397 e. The zero-order valence-electron chi connectivity index (χ0n) is 48.4. The molecule has 404 valence electrons. The van der Waals surface area contributed by atoms with Gasteiger partial charge in [-0.1, -0.05) is 174 Å². The average Bonchev–Trinajstić information content (AvgIpc) is 3.29. The second-order valence-corrected chi connectivity index (χ2v) is 29.6. The smallest absolute Gasteiger partial charge is 0.397 e. The van der Waals surface area contributed by atoms with E-state index in [1.807, 2.05) is 0 Å². The summed E-state index contributed by atoms with van der Waals surface area (Å²) in [5, 5.41) is 0. The zero-order chi connectivity index (χ0) is 51.9. The molecule has 14 atom stereocenters. The molecule has 4 saturated carbocycles. The van der Waals surface area contributed by atoms with Crippen LogP contribution in [0.25, 0.3) is 0 Å². The van der Waals surface area contributed by atoms with Crippen LogP contribution in [-0.2, 0) is 28.9 Å². The van der Waals surface area contributed by atoms with Crippen LogP contribution in [0.4, 0.5) is 0 Å². The Morgan fingerprint density at radius 1 is 0.451 bits per heavy atom. The second-order valence-electron chi connectivity index (χ2n) is 26.4. The molecule has 4 aliphatic rings. The summed E-state index contributed by atoms with van der Waals surface area (Å²) in [6, 6.07) is 13.8. The van der Waals surface area contributed by atoms with E-state index >= 15 is 0 Å². The molecule has 71 heavy (non-hydrogen) atoms. The topological polar surface area (TPSA) is 55.4 Å². The summed E-state index contributed by atoms with van der Waals surface area (Å²) in [5.74, 6) is 8.06. The summed E-state index contributed by atoms with van der Waals surface area (Å²) in [6.45, 7) is 42.5. The number of benzene rings is 2. The van der Waals surface area contributed by atoms with Gasteiger partial charge in [0.2, 0.25) is 0 Å². The van der Waals surface area contributed by atoms with Gasteiger partial charge in [-0.15, -0.1) is 0 Å². The first kappa shape index (κ1) is 59.3. The van der Waals surface area contributed by atoms with Crippen LogP contribution in [-0.4, -0.2) is 24.4 Å². The van der Waals surface area contributed by atoms with E-state index < -0.39 is 17.2 Å². The van der Waals surface area contributed by atoms with E-state index in [9.17, 15) is 0 Å². The van der Waals surface area contributed by atoms with Crippen molar-refractivity contribution < 1.29 is 27.1 Å². The summed E-state index contributed by atoms with van der Waals surface area (Å²) >= 11 is 1.76. The van der Waals surface area contributed by atoms with Crippen molar-refractivity contribution in [3.05, 3.63) is 47.5 Å². The fourth-order valence-corrected chi connectivity index (χ4v) is 16.3. The van der Waals surface area contributed by atoms with Crippen LogP contribution < -0.4 is 9.05 Å². The Balaban J connectivity index is 1.45. The molecule has 6 nitrogen and oxygen atoms in total. The first-order chi connectivity index (χ1) is 33.5. The Bertz CT molecular complexity index is 1730. The van der Waals surface area contributed by atoms with Crippen molar-refractivity contribution in [3.8, 4) is 11.5 Å². The van der Waals surface area contributed by atoms with Crippen molar-refractivity contribution >= 4 is 29.0 Å². The van der Waals surface area contributed by atoms with Gasteiger partial charge in [0.1, 0.15) is 11.5 Å². The van der Waals surface area contributed by atoms with E-state index in [-0.39, 0.29) is 35.2 Å². The third-order valence-electron chi connectivity index (χ3n) is 18.5. The zero-order valence-corrected chi connectivity index (χ0v) is 51.0. The van der Waals surface area contributed by atoms with E-state index in [0.29, 0.717) is 71.0 Å². The molecule has 6 rings (SSSR count). The molecule has 0 spiro atoms. The fraction of sp³-hybridized carbons (Fsp3) is 0.806. The highest BCUT2D eigenvalue weighted by Crippen LogP contribution is 2.57. The van der Waals surface area contributed by atoms with E-state index in [1.54, 1.807) is 11.8 Å². The van der Waals surface area contributed by atoms with Crippen molar-refractivity contribution in [1.29, 1.82) is 0 Å². The maximum atomic E-state index is 7.39. The van der Waals surface area contributed by atoms with E-state index in [2.05, 4.69) is 161 Å². The van der Waals surface area contributed by atoms with Crippen molar-refractivity contribution in [2.75, 3.05) is 0 Å². The average molecular weight is 1040 g/mol. The normalized spacial score (nSPS) is 31.1. The summed E-state index contributed by atoms with van der Waals surface area (Å²) < 4.78 is 44.2. The SMILES string of the molecule is CCC(C)(C)c1ccc(OP(O[C@@H]2C[C@H](C)CCC2C(C)C)O[C@@H]2C[C@H](C)CC[C@H]2C(C)C)c(Sc2cc(C(C)(C)CC)ccc2OP(O[C@@H]2C[C@H](C)CCC2C(C)C)O[C@@H]2C[C@H](C)CC[C@H]2C(C)C)c1. The standard InChI is InChI=1S/C62H104O6P2S/c1-19-61(15,16)47-25-31-53(63-69(65-55-33-43(11)21-27-49(55)39(3)4)66-56-34-44(12)22-28-50(56)40(5)6)59(37-47)71-60-38-48(62(17,18)20-2)26-32-54(60)64-70(67-57-35-45(13)23-29-51(57)41(7)8)68-58-36-46(14)24-30-52(58)42(9)10/h25-26,31-32,37-46,49-52,55-58H,19-24,27-30,33-36H2,1-18H3/t43-,44-,45-,46-,49+,50?,51+,52?,55-,56-,57-,58-,69?,70?/m1/s1. The van der Waals surface area contributed by atoms with Gasteiger partial charge in [0.25, 0.3) is 0 Å². The molecule has 0 heterocycles. The lowest BCUT2D eigenvalue weighted by molar-refractivity contribution is -0.00331. The van der Waals surface area contributed by atoms with E-state index in [1.165, 1.54) is 62.5 Å². The molecule has 4 aliphatic carbocycles. The van der Waals surface area contributed by atoms with Crippen LogP contribution >= 0.6 is 29.0 Å². The van der Waals surface area contributed by atoms with Crippen LogP contribution in [0.5, 0.6) is 11.5 Å². The quantitative estimate of drug-likeness (QED) is 0.109. The van der Waals surface area contributed by atoms with Crippen molar-refractivity contribution in [1.82, 2.24) is 0 Å². The first-order valence-corrected chi connectivity index (χ1v) is 32.1. The molecule has 4 unspecified atom stereocenters. The highest BCUT2D eigenvalue weighted by molar-refractivity contribution is 7.99. The molecule has 4 fully saturated rings. The van der Waals surface area contributed by atoms with Crippen LogP contribution in [0.2, 0.25) is 0 Å². The molecule has 0 saturated heterocycles. The van der Waals surface area contributed by atoms with Crippen molar-refractivity contribution in [2.45, 2.75) is 260 Å². The van der Waals surface area contributed by atoms with Gasteiger partial charge in [0, 0.05) is 0 Å². The molecular weight excluding hydrogens is 935 g/mol. The van der Waals surface area contributed by atoms with Crippen LogP contribution in [0.1, 0.15) is 226 Å². The lowest BCUT2D eigenvalue weighted by Gasteiger charge is -2.41. The van der Waals surface area contributed by atoms with Gasteiger partial charge in [-0.3, -0.25) is 18.1 Å². The number of rotatable bonds is 22. The number of hydrogen-bond acceptors (Lipinski definition) is 7. The van der Waals surface area contributed by atoms with Crippen LogP contribution in [0.3, 0.4) is 0 Å². The Hall–Kier alpha value is -0.910. The third-order valence-corrected chi connectivity index (χ3v) is 22.1. The molecule has 2 aromatic rings. The van der Waals surface area contributed by atoms with Gasteiger partial charge in [-0.25, -0.2) is 0 Å². The van der Waals surface area contributed by atoms with Crippen molar-refractivity contribution in [2.24, 2.45) is 71.0 Å². The predicted molar refractivity (Wildman–Crippen MR) is 304 cm³/mol. The van der Waals surface area contributed by atoms with Crippen molar-refractivity contribution in [3.63, 3.8) is 0 Å². The van der Waals surface area contributed by atoms with Crippen LogP contribution in [0, 0.1) is 71.0 Å². The summed E-state index contributed by atoms with van der Waals surface area (Å²) in [6.07, 6.45) is 16.3. The Kier molecular flexibility index (Phi) is 22.1. The van der Waals surface area contributed by atoms with Gasteiger partial charge in [0.05, 0.1) is 34.2 Å². The van der Waals surface area contributed by atoms with E-state index in [0.717, 1.165) is 59.8 Å². The largest absolute Gasteiger partial charge is 0.426 e. The Morgan fingerprint density at radius 3 is 0.958 bits per heavy atom. The van der Waals surface area contributed by atoms with Gasteiger partial charge in [-0.2, -0.15) is 0 Å². The summed E-state index contributed by atoms with van der Waals surface area (Å²) in [5.41, 5.74) is 2.52. The highest BCUT2D eigenvalue weighted by Gasteiger charge is 2.42. The second kappa shape index (κ2) is 26.4. The minimum Gasteiger partial charge on any atom is -0.426 e. The molecule has 0 amide bonds. The molecule has 0 aromatic heterocycles. The minimum absolute atomic E-state index is 0.0351. The highest BCUT2D eigenvalue weighted by atomic mass is 32.2. The number of hydrogen-bond donors (Lipinski definition) is 0. The predicted octanol–water partition coefficient (Wildman–Crippen LogP) is 20.3. The van der Waals surface area contributed by atoms with Gasteiger partial charge >= 0.3 is 17.2 Å².